The Morgan fingerprint density at radius 2 is 2.75 bits per heavy atom. The molecule has 2 atom stereocenters. The van der Waals surface area contributed by atoms with Gasteiger partial charge in [0.05, 0.1) is 11.7 Å². The summed E-state index contributed by atoms with van der Waals surface area (Å²) in [5, 5.41) is 3.17. The lowest BCUT2D eigenvalue weighted by Crippen LogP contribution is -2.07. The van der Waals surface area contributed by atoms with Gasteiger partial charge < -0.3 is 4.52 Å². The van der Waals surface area contributed by atoms with Crippen LogP contribution in [0, 0.1) is 0 Å². The van der Waals surface area contributed by atoms with Crippen molar-refractivity contribution in [2.45, 2.75) is 13.0 Å². The molecule has 1 saturated heterocycles. The quantitative estimate of drug-likeness (QED) is 0.455. The largest absolute Gasteiger partial charge is 0.338 e. The number of hydrogen-bond donors (Lipinski definition) is 1. The molecule has 48 valence electrons. The number of rotatable bonds is 1. The topological polar surface area (TPSA) is 21.3 Å². The Bertz CT molecular complexity index is 82.4. The summed E-state index contributed by atoms with van der Waals surface area (Å²) in [7, 11) is -0.467. The van der Waals surface area contributed by atoms with Crippen molar-refractivity contribution in [3.63, 3.8) is 0 Å². The Hall–Kier alpha value is 0.640. The fraction of sp³-hybridized carbons (Fsp3) is 1.00. The second kappa shape index (κ2) is 2.98. The minimum atomic E-state index is -0.467. The van der Waals surface area contributed by atoms with E-state index in [0.29, 0.717) is 11.7 Å². The monoisotopic (exact) mass is 153 g/mol. The third-order valence-corrected chi connectivity index (χ3v) is 2.99. The van der Waals surface area contributed by atoms with Gasteiger partial charge in [0.2, 0.25) is 0 Å². The normalized spacial score (nSPS) is 38.2. The molecule has 1 N–H and O–H groups in total. The van der Waals surface area contributed by atoms with Crippen LogP contribution in [-0.2, 0) is 4.52 Å². The lowest BCUT2D eigenvalue weighted by atomic mass is 10.4. The van der Waals surface area contributed by atoms with Gasteiger partial charge in [-0.2, -0.15) is 0 Å². The standard InChI is InChI=1S/C4H9ClNOP/c1-4-2-6-8(3-5)7-4/h4,6H,2-3H2,1H3. The van der Waals surface area contributed by atoms with Crippen molar-refractivity contribution >= 4 is 19.9 Å². The Morgan fingerprint density at radius 3 is 3.00 bits per heavy atom. The van der Waals surface area contributed by atoms with Crippen molar-refractivity contribution in [3.8, 4) is 0 Å². The molecular formula is C4H9ClNOP. The van der Waals surface area contributed by atoms with Crippen molar-refractivity contribution in [2.75, 3.05) is 12.2 Å². The van der Waals surface area contributed by atoms with Crippen molar-refractivity contribution in [3.05, 3.63) is 0 Å². The second-order valence-electron chi connectivity index (χ2n) is 1.78. The van der Waals surface area contributed by atoms with Crippen LogP contribution in [0.1, 0.15) is 6.92 Å². The van der Waals surface area contributed by atoms with Gasteiger partial charge in [-0.25, -0.2) is 0 Å². The van der Waals surface area contributed by atoms with E-state index in [0.717, 1.165) is 6.54 Å². The zero-order valence-corrected chi connectivity index (χ0v) is 6.38. The molecule has 1 heterocycles. The number of hydrogen-bond acceptors (Lipinski definition) is 2. The molecule has 0 aromatic carbocycles. The van der Waals surface area contributed by atoms with Crippen LogP contribution >= 0.6 is 19.9 Å². The molecule has 0 spiro atoms. The molecule has 0 aliphatic carbocycles. The molecule has 1 rings (SSSR count). The van der Waals surface area contributed by atoms with Gasteiger partial charge in [-0.1, -0.05) is 0 Å². The molecule has 4 heteroatoms. The summed E-state index contributed by atoms with van der Waals surface area (Å²) in [6, 6.07) is 0. The van der Waals surface area contributed by atoms with Crippen LogP contribution in [0.15, 0.2) is 0 Å². The van der Waals surface area contributed by atoms with E-state index in [1.807, 2.05) is 6.92 Å². The van der Waals surface area contributed by atoms with E-state index in [2.05, 4.69) is 5.09 Å². The lowest BCUT2D eigenvalue weighted by Gasteiger charge is -2.03. The summed E-state index contributed by atoms with van der Waals surface area (Å²) in [4.78, 5) is 0. The number of alkyl halides is 1. The number of nitrogens with one attached hydrogen (secondary N) is 1. The fourth-order valence-electron chi connectivity index (χ4n) is 0.593. The third-order valence-electron chi connectivity index (χ3n) is 0.971. The van der Waals surface area contributed by atoms with Crippen molar-refractivity contribution < 1.29 is 4.52 Å². The van der Waals surface area contributed by atoms with E-state index in [-0.39, 0.29) is 0 Å². The van der Waals surface area contributed by atoms with Crippen LogP contribution in [0.5, 0.6) is 0 Å². The highest BCUT2D eigenvalue weighted by atomic mass is 35.5. The third kappa shape index (κ3) is 1.56. The first-order valence-electron chi connectivity index (χ1n) is 2.56. The average Bonchev–Trinajstić information content (AvgIpc) is 2.14. The van der Waals surface area contributed by atoms with E-state index in [1.165, 1.54) is 0 Å². The summed E-state index contributed by atoms with van der Waals surface area (Å²) in [5.74, 6) is 0. The molecule has 0 bridgehead atoms. The molecule has 1 aliphatic heterocycles. The van der Waals surface area contributed by atoms with Crippen molar-refractivity contribution in [2.24, 2.45) is 0 Å². The average molecular weight is 154 g/mol. The minimum Gasteiger partial charge on any atom is -0.338 e. The molecule has 1 aliphatic rings. The highest BCUT2D eigenvalue weighted by Crippen LogP contribution is 2.38. The van der Waals surface area contributed by atoms with Crippen LogP contribution in [-0.4, -0.2) is 18.3 Å². The maximum absolute atomic E-state index is 5.51. The predicted molar refractivity (Wildman–Crippen MR) is 36.2 cm³/mol. The van der Waals surface area contributed by atoms with E-state index >= 15 is 0 Å². The maximum atomic E-state index is 5.51. The molecule has 2 nitrogen and oxygen atoms in total. The van der Waals surface area contributed by atoms with Crippen LogP contribution in [0.4, 0.5) is 0 Å². The Kier molecular flexibility index (Phi) is 2.51. The van der Waals surface area contributed by atoms with Crippen molar-refractivity contribution in [1.82, 2.24) is 5.09 Å². The molecule has 0 aromatic rings. The number of halogens is 1. The Morgan fingerprint density at radius 1 is 2.00 bits per heavy atom. The van der Waals surface area contributed by atoms with Gasteiger partial charge in [0.25, 0.3) is 0 Å². The summed E-state index contributed by atoms with van der Waals surface area (Å²) in [6.07, 6.45) is 0.361. The minimum absolute atomic E-state index is 0.361. The second-order valence-corrected chi connectivity index (χ2v) is 4.02. The summed E-state index contributed by atoms with van der Waals surface area (Å²) in [6.45, 7) is 3.00. The van der Waals surface area contributed by atoms with Crippen LogP contribution < -0.4 is 5.09 Å². The molecular weight excluding hydrogens is 144 g/mol. The van der Waals surface area contributed by atoms with Gasteiger partial charge >= 0.3 is 0 Å². The summed E-state index contributed by atoms with van der Waals surface area (Å²) < 4.78 is 5.33. The van der Waals surface area contributed by atoms with E-state index in [4.69, 9.17) is 16.1 Å². The van der Waals surface area contributed by atoms with E-state index in [1.54, 1.807) is 0 Å². The van der Waals surface area contributed by atoms with E-state index < -0.39 is 8.30 Å². The van der Waals surface area contributed by atoms with E-state index in [9.17, 15) is 0 Å². The van der Waals surface area contributed by atoms with Gasteiger partial charge in [0.15, 0.2) is 0 Å². The zero-order chi connectivity index (χ0) is 5.98. The summed E-state index contributed by atoms with van der Waals surface area (Å²) in [5.41, 5.74) is 0.611. The van der Waals surface area contributed by atoms with Crippen molar-refractivity contribution in [1.29, 1.82) is 0 Å². The highest BCUT2D eigenvalue weighted by Gasteiger charge is 2.19. The molecule has 8 heavy (non-hydrogen) atoms. The Labute approximate surface area is 55.4 Å². The first kappa shape index (κ1) is 6.76. The molecule has 2 unspecified atom stereocenters. The molecule has 1 fully saturated rings. The van der Waals surface area contributed by atoms with Gasteiger partial charge in [-0.05, 0) is 6.92 Å². The first-order valence-corrected chi connectivity index (χ1v) is 4.54. The van der Waals surface area contributed by atoms with Gasteiger partial charge in [0, 0.05) is 6.54 Å². The molecule has 0 amide bonds. The molecule has 0 saturated carbocycles. The van der Waals surface area contributed by atoms with Crippen LogP contribution in [0.2, 0.25) is 0 Å². The van der Waals surface area contributed by atoms with Crippen LogP contribution in [0.25, 0.3) is 0 Å². The fourth-order valence-corrected chi connectivity index (χ4v) is 2.20. The van der Waals surface area contributed by atoms with Gasteiger partial charge in [-0.3, -0.25) is 5.09 Å². The molecule has 0 radical (unpaired) electrons. The molecule has 0 aromatic heterocycles. The highest BCUT2D eigenvalue weighted by molar-refractivity contribution is 7.52. The predicted octanol–water partition coefficient (Wildman–Crippen LogP) is 1.50. The van der Waals surface area contributed by atoms with Crippen LogP contribution in [0.3, 0.4) is 0 Å². The first-order chi connectivity index (χ1) is 3.83. The zero-order valence-electron chi connectivity index (χ0n) is 4.72. The maximum Gasteiger partial charge on any atom is 0.117 e. The summed E-state index contributed by atoms with van der Waals surface area (Å²) >= 11 is 5.51. The smallest absolute Gasteiger partial charge is 0.117 e. The Balaban J connectivity index is 2.22. The lowest BCUT2D eigenvalue weighted by molar-refractivity contribution is 0.287. The SMILES string of the molecule is CC1CNP(CCl)O1. The van der Waals surface area contributed by atoms with Gasteiger partial charge in [-0.15, -0.1) is 11.6 Å². The van der Waals surface area contributed by atoms with Gasteiger partial charge in [0.1, 0.15) is 8.30 Å².